The first-order valence-corrected chi connectivity index (χ1v) is 5.36. The lowest BCUT2D eigenvalue weighted by molar-refractivity contribution is 0.318. The van der Waals surface area contributed by atoms with Crippen molar-refractivity contribution in [2.75, 3.05) is 17.7 Å². The van der Waals surface area contributed by atoms with E-state index in [0.29, 0.717) is 5.69 Å². The number of halogens is 1. The maximum Gasteiger partial charge on any atom is 0.235 e. The van der Waals surface area contributed by atoms with E-state index in [1.54, 1.807) is 7.05 Å². The summed E-state index contributed by atoms with van der Waals surface area (Å²) in [7, 11) is 1.62. The maximum atomic E-state index is 12.8. The molecule has 5 N–H and O–H groups in total. The third kappa shape index (κ3) is 2.68. The number of anilines is 3. The van der Waals surface area contributed by atoms with Gasteiger partial charge in [0.15, 0.2) is 0 Å². The van der Waals surface area contributed by atoms with Crippen LogP contribution < -0.4 is 16.4 Å². The molecule has 0 saturated carbocycles. The van der Waals surface area contributed by atoms with Gasteiger partial charge in [0.1, 0.15) is 0 Å². The van der Waals surface area contributed by atoms with Gasteiger partial charge in [-0.05, 0) is 12.1 Å². The molecule has 0 atom stereocenters. The molecule has 0 aliphatic rings. The zero-order chi connectivity index (χ0) is 14.7. The van der Waals surface area contributed by atoms with Crippen molar-refractivity contribution in [1.82, 2.24) is 19.9 Å². The Morgan fingerprint density at radius 2 is 2.10 bits per heavy atom. The van der Waals surface area contributed by atoms with Crippen LogP contribution in [0.15, 0.2) is 23.5 Å². The zero-order valence-corrected chi connectivity index (χ0v) is 10.4. The fraction of sp³-hybridized carbons (Fsp3) is 0.100. The number of hydrogen-bond acceptors (Lipinski definition) is 8. The third-order valence-corrected chi connectivity index (χ3v) is 2.38. The summed E-state index contributed by atoms with van der Waals surface area (Å²) in [4.78, 5) is 16.7. The van der Waals surface area contributed by atoms with Crippen molar-refractivity contribution in [1.29, 1.82) is 0 Å². The summed E-state index contributed by atoms with van der Waals surface area (Å²) >= 11 is 0. The van der Waals surface area contributed by atoms with Crippen LogP contribution in [0.1, 0.15) is 5.82 Å². The van der Waals surface area contributed by atoms with Crippen molar-refractivity contribution in [3.63, 3.8) is 0 Å². The molecule has 0 bridgehead atoms. The highest BCUT2D eigenvalue weighted by atomic mass is 19.1. The summed E-state index contributed by atoms with van der Waals surface area (Å²) in [5, 5.41) is 11.4. The molecule has 9 nitrogen and oxygen atoms in total. The van der Waals surface area contributed by atoms with Gasteiger partial charge < -0.3 is 21.6 Å². The molecule has 0 aliphatic carbocycles. The molecule has 0 saturated heterocycles. The largest absolute Gasteiger partial charge is 0.409 e. The number of nitrogens with zero attached hydrogens (tertiary/aromatic N) is 6. The number of rotatable bonds is 3. The Balaban J connectivity index is 2.41. The molecule has 2 aromatic heterocycles. The van der Waals surface area contributed by atoms with E-state index >= 15 is 0 Å². The van der Waals surface area contributed by atoms with Crippen LogP contribution in [0.2, 0.25) is 0 Å². The van der Waals surface area contributed by atoms with Crippen molar-refractivity contribution >= 4 is 23.4 Å². The number of hydrogen-bond donors (Lipinski definition) is 3. The summed E-state index contributed by atoms with van der Waals surface area (Å²) in [6, 6.07) is 2.69. The summed E-state index contributed by atoms with van der Waals surface area (Å²) in [5.41, 5.74) is 11.5. The first kappa shape index (κ1) is 13.4. The lowest BCUT2D eigenvalue weighted by Crippen LogP contribution is -2.22. The van der Waals surface area contributed by atoms with Crippen LogP contribution in [0.25, 0.3) is 0 Å². The number of nitrogens with two attached hydrogens (primary N) is 2. The maximum absolute atomic E-state index is 12.8. The molecule has 2 aromatic rings. The molecular formula is C10H11FN8O. The highest BCUT2D eigenvalue weighted by Crippen LogP contribution is 2.19. The second kappa shape index (κ2) is 5.30. The van der Waals surface area contributed by atoms with Gasteiger partial charge in [-0.3, -0.25) is 0 Å². The van der Waals surface area contributed by atoms with Crippen LogP contribution >= 0.6 is 0 Å². The van der Waals surface area contributed by atoms with Crippen molar-refractivity contribution in [3.8, 4) is 0 Å². The third-order valence-electron chi connectivity index (χ3n) is 2.38. The lowest BCUT2D eigenvalue weighted by Gasteiger charge is -2.17. The average molecular weight is 278 g/mol. The minimum atomic E-state index is -0.602. The SMILES string of the molecule is CN(c1ccc(F)nc1)c1nc(N)nc(C(N)=NO)n1. The van der Waals surface area contributed by atoms with E-state index < -0.39 is 5.95 Å². The Hall–Kier alpha value is -3.04. The van der Waals surface area contributed by atoms with E-state index in [1.165, 1.54) is 23.2 Å². The van der Waals surface area contributed by atoms with E-state index in [9.17, 15) is 4.39 Å². The first-order chi connectivity index (χ1) is 9.51. The van der Waals surface area contributed by atoms with Crippen LogP contribution in [0.5, 0.6) is 0 Å². The second-order valence-corrected chi connectivity index (χ2v) is 3.70. The van der Waals surface area contributed by atoms with Crippen LogP contribution in [-0.2, 0) is 0 Å². The Kier molecular flexibility index (Phi) is 3.55. The lowest BCUT2D eigenvalue weighted by atomic mass is 10.4. The monoisotopic (exact) mass is 278 g/mol. The molecule has 20 heavy (non-hydrogen) atoms. The summed E-state index contributed by atoms with van der Waals surface area (Å²) < 4.78 is 12.8. The molecule has 0 amide bonds. The zero-order valence-electron chi connectivity index (χ0n) is 10.4. The normalized spacial score (nSPS) is 11.4. The molecule has 0 aliphatic heterocycles. The molecule has 2 heterocycles. The molecule has 0 unspecified atom stereocenters. The minimum absolute atomic E-state index is 0.0723. The van der Waals surface area contributed by atoms with E-state index in [-0.39, 0.29) is 23.6 Å². The highest BCUT2D eigenvalue weighted by molar-refractivity contribution is 5.93. The molecular weight excluding hydrogens is 267 g/mol. The Bertz CT molecular complexity index is 644. The Morgan fingerprint density at radius 3 is 2.70 bits per heavy atom. The average Bonchev–Trinajstić information content (AvgIpc) is 2.45. The molecule has 2 rings (SSSR count). The topological polar surface area (TPSA) is 139 Å². The van der Waals surface area contributed by atoms with Crippen molar-refractivity contribution in [2.24, 2.45) is 10.9 Å². The molecule has 10 heteroatoms. The number of pyridine rings is 1. The predicted octanol–water partition coefficient (Wildman–Crippen LogP) is -0.150. The second-order valence-electron chi connectivity index (χ2n) is 3.70. The minimum Gasteiger partial charge on any atom is -0.409 e. The fourth-order valence-corrected chi connectivity index (χ4v) is 1.37. The molecule has 0 aromatic carbocycles. The van der Waals surface area contributed by atoms with Crippen LogP contribution in [-0.4, -0.2) is 38.0 Å². The van der Waals surface area contributed by atoms with E-state index in [4.69, 9.17) is 16.7 Å². The van der Waals surface area contributed by atoms with Crippen LogP contribution in [0.4, 0.5) is 22.0 Å². The van der Waals surface area contributed by atoms with Gasteiger partial charge in [0.05, 0.1) is 11.9 Å². The van der Waals surface area contributed by atoms with Crippen LogP contribution in [0, 0.1) is 5.95 Å². The van der Waals surface area contributed by atoms with E-state index in [1.807, 2.05) is 0 Å². The van der Waals surface area contributed by atoms with E-state index in [2.05, 4.69) is 25.1 Å². The molecule has 0 fully saturated rings. The van der Waals surface area contributed by atoms with Gasteiger partial charge in [0.25, 0.3) is 0 Å². The molecule has 104 valence electrons. The number of aromatic nitrogens is 4. The summed E-state index contributed by atoms with van der Waals surface area (Å²) in [6.07, 6.45) is 1.30. The van der Waals surface area contributed by atoms with Gasteiger partial charge in [0, 0.05) is 7.05 Å². The van der Waals surface area contributed by atoms with Gasteiger partial charge in [-0.25, -0.2) is 4.98 Å². The number of amidine groups is 1. The van der Waals surface area contributed by atoms with Gasteiger partial charge in [-0.15, -0.1) is 0 Å². The smallest absolute Gasteiger partial charge is 0.235 e. The van der Waals surface area contributed by atoms with Gasteiger partial charge in [-0.2, -0.15) is 19.3 Å². The number of oxime groups is 1. The van der Waals surface area contributed by atoms with E-state index in [0.717, 1.165) is 0 Å². The van der Waals surface area contributed by atoms with Gasteiger partial charge in [-0.1, -0.05) is 5.16 Å². The standard InChI is InChI=1S/C10H11FN8O/c1-19(5-2-3-6(11)14-4-5)10-16-8(7(12)18-20)15-9(13)17-10/h2-4,20H,1H3,(H2,12,18)(H2,13,15,16,17). The summed E-state index contributed by atoms with van der Waals surface area (Å²) in [5.74, 6) is -0.927. The highest BCUT2D eigenvalue weighted by Gasteiger charge is 2.13. The van der Waals surface area contributed by atoms with Crippen molar-refractivity contribution < 1.29 is 9.60 Å². The summed E-state index contributed by atoms with van der Waals surface area (Å²) in [6.45, 7) is 0. The Labute approximate surface area is 112 Å². The van der Waals surface area contributed by atoms with Crippen LogP contribution in [0.3, 0.4) is 0 Å². The van der Waals surface area contributed by atoms with Gasteiger partial charge >= 0.3 is 0 Å². The molecule has 0 spiro atoms. The quantitative estimate of drug-likeness (QED) is 0.231. The van der Waals surface area contributed by atoms with Gasteiger partial charge in [0.2, 0.25) is 29.5 Å². The predicted molar refractivity (Wildman–Crippen MR) is 69.0 cm³/mol. The Morgan fingerprint density at radius 1 is 1.35 bits per heavy atom. The molecule has 0 radical (unpaired) electrons. The van der Waals surface area contributed by atoms with Crippen molar-refractivity contribution in [2.45, 2.75) is 0 Å². The van der Waals surface area contributed by atoms with Crippen molar-refractivity contribution in [3.05, 3.63) is 30.1 Å². The first-order valence-electron chi connectivity index (χ1n) is 5.36. The fourth-order valence-electron chi connectivity index (χ4n) is 1.37. The number of nitrogen functional groups attached to an aromatic ring is 1.